The number of piperidine rings is 1. The van der Waals surface area contributed by atoms with E-state index in [2.05, 4.69) is 18.9 Å². The molecular weight excluding hydrogens is 186 g/mol. The van der Waals surface area contributed by atoms with E-state index in [0.29, 0.717) is 5.92 Å². The van der Waals surface area contributed by atoms with E-state index in [1.807, 2.05) is 0 Å². The van der Waals surface area contributed by atoms with Gasteiger partial charge >= 0.3 is 0 Å². The lowest BCUT2D eigenvalue weighted by atomic mass is 9.70. The molecule has 2 aliphatic rings. The minimum Gasteiger partial charge on any atom is -0.388 e. The van der Waals surface area contributed by atoms with Crippen LogP contribution in [0.25, 0.3) is 0 Å². The Kier molecular flexibility index (Phi) is 3.36. The number of aliphatic hydroxyl groups is 1. The summed E-state index contributed by atoms with van der Waals surface area (Å²) in [6.45, 7) is 4.39. The molecule has 88 valence electrons. The van der Waals surface area contributed by atoms with Gasteiger partial charge in [0.15, 0.2) is 0 Å². The highest BCUT2D eigenvalue weighted by atomic mass is 16.3. The Morgan fingerprint density at radius 3 is 2.73 bits per heavy atom. The molecule has 0 bridgehead atoms. The Morgan fingerprint density at radius 2 is 2.07 bits per heavy atom. The summed E-state index contributed by atoms with van der Waals surface area (Å²) in [5.74, 6) is 1.38. The van der Waals surface area contributed by atoms with Crippen molar-refractivity contribution in [3.63, 3.8) is 0 Å². The molecule has 0 radical (unpaired) electrons. The summed E-state index contributed by atoms with van der Waals surface area (Å²) in [5.41, 5.74) is -0.373. The second-order valence-corrected chi connectivity index (χ2v) is 5.91. The maximum absolute atomic E-state index is 10.7. The van der Waals surface area contributed by atoms with E-state index in [1.165, 1.54) is 25.7 Å². The smallest absolute Gasteiger partial charge is 0.0802 e. The van der Waals surface area contributed by atoms with Gasteiger partial charge in [-0.3, -0.25) is 0 Å². The van der Waals surface area contributed by atoms with Crippen molar-refractivity contribution < 1.29 is 5.11 Å². The quantitative estimate of drug-likeness (QED) is 0.719. The highest BCUT2D eigenvalue weighted by Gasteiger charge is 2.40. The molecule has 1 saturated carbocycles. The Bertz CT molecular complexity index is 219. The maximum Gasteiger partial charge on any atom is 0.0802 e. The molecule has 1 aliphatic carbocycles. The zero-order valence-electron chi connectivity index (χ0n) is 10.2. The molecule has 1 aliphatic heterocycles. The molecule has 2 heteroatoms. The van der Waals surface area contributed by atoms with Gasteiger partial charge in [-0.15, -0.1) is 0 Å². The molecular formula is C13H25NO. The van der Waals surface area contributed by atoms with Crippen LogP contribution >= 0.6 is 0 Å². The number of rotatable bonds is 1. The van der Waals surface area contributed by atoms with Crippen LogP contribution in [-0.2, 0) is 0 Å². The molecule has 1 heterocycles. The van der Waals surface area contributed by atoms with Crippen LogP contribution in [0.4, 0.5) is 0 Å². The third-order valence-corrected chi connectivity index (χ3v) is 4.39. The van der Waals surface area contributed by atoms with Gasteiger partial charge in [0.05, 0.1) is 5.60 Å². The van der Waals surface area contributed by atoms with Gasteiger partial charge in [0.2, 0.25) is 0 Å². The second-order valence-electron chi connectivity index (χ2n) is 5.91. The number of nitrogens with zero attached hydrogens (tertiary/aromatic N) is 1. The van der Waals surface area contributed by atoms with Crippen molar-refractivity contribution in [3.05, 3.63) is 0 Å². The highest BCUT2D eigenvalue weighted by molar-refractivity contribution is 4.93. The van der Waals surface area contributed by atoms with Gasteiger partial charge in [0.25, 0.3) is 0 Å². The van der Waals surface area contributed by atoms with Crippen molar-refractivity contribution in [2.45, 2.75) is 51.0 Å². The van der Waals surface area contributed by atoms with Crippen LogP contribution in [0.2, 0.25) is 0 Å². The third kappa shape index (κ3) is 2.54. The fourth-order valence-electron chi connectivity index (χ4n) is 3.54. The predicted molar refractivity (Wildman–Crippen MR) is 62.8 cm³/mol. The van der Waals surface area contributed by atoms with Crippen LogP contribution in [0, 0.1) is 11.8 Å². The van der Waals surface area contributed by atoms with E-state index in [-0.39, 0.29) is 5.60 Å². The summed E-state index contributed by atoms with van der Waals surface area (Å²) < 4.78 is 0. The molecule has 2 rings (SSSR count). The third-order valence-electron chi connectivity index (χ3n) is 4.39. The first-order chi connectivity index (χ1) is 7.10. The summed E-state index contributed by atoms with van der Waals surface area (Å²) in [6, 6.07) is 0. The van der Waals surface area contributed by atoms with Crippen molar-refractivity contribution in [1.29, 1.82) is 0 Å². The van der Waals surface area contributed by atoms with Crippen LogP contribution in [0.1, 0.15) is 45.4 Å². The van der Waals surface area contributed by atoms with Gasteiger partial charge in [-0.2, -0.15) is 0 Å². The molecule has 3 unspecified atom stereocenters. The number of hydrogen-bond donors (Lipinski definition) is 1. The molecule has 0 aromatic heterocycles. The Morgan fingerprint density at radius 1 is 1.27 bits per heavy atom. The summed E-state index contributed by atoms with van der Waals surface area (Å²) in [4.78, 5) is 2.29. The maximum atomic E-state index is 10.7. The van der Waals surface area contributed by atoms with Gasteiger partial charge in [0.1, 0.15) is 0 Å². The Hall–Kier alpha value is -0.0800. The van der Waals surface area contributed by atoms with E-state index in [9.17, 15) is 5.11 Å². The molecule has 1 N–H and O–H groups in total. The van der Waals surface area contributed by atoms with Gasteiger partial charge in [-0.25, -0.2) is 0 Å². The first-order valence-electron chi connectivity index (χ1n) is 6.51. The van der Waals surface area contributed by atoms with Crippen molar-refractivity contribution in [3.8, 4) is 0 Å². The Balaban J connectivity index is 2.00. The van der Waals surface area contributed by atoms with E-state index in [1.54, 1.807) is 0 Å². The SMILES string of the molecule is CC1CCCC(C2(O)CCCN(C)C2)C1. The van der Waals surface area contributed by atoms with Crippen LogP contribution in [0.5, 0.6) is 0 Å². The number of likely N-dealkylation sites (N-methyl/N-ethyl adjacent to an activating group) is 1. The molecule has 3 atom stereocenters. The molecule has 0 aromatic carbocycles. The number of β-amino-alcohol motifs (C(OH)–C–C–N with tert-alkyl or cyclic N) is 1. The zero-order chi connectivity index (χ0) is 10.9. The summed E-state index contributed by atoms with van der Waals surface area (Å²) in [7, 11) is 2.14. The van der Waals surface area contributed by atoms with Crippen molar-refractivity contribution in [2.75, 3.05) is 20.1 Å². The topological polar surface area (TPSA) is 23.5 Å². The Labute approximate surface area is 93.7 Å². The summed E-state index contributed by atoms with van der Waals surface area (Å²) >= 11 is 0. The fourth-order valence-corrected chi connectivity index (χ4v) is 3.54. The lowest BCUT2D eigenvalue weighted by Gasteiger charge is -2.45. The van der Waals surface area contributed by atoms with E-state index in [4.69, 9.17) is 0 Å². The first kappa shape index (κ1) is 11.4. The van der Waals surface area contributed by atoms with E-state index < -0.39 is 0 Å². The largest absolute Gasteiger partial charge is 0.388 e. The highest BCUT2D eigenvalue weighted by Crippen LogP contribution is 2.39. The van der Waals surface area contributed by atoms with Crippen LogP contribution < -0.4 is 0 Å². The van der Waals surface area contributed by atoms with Gasteiger partial charge < -0.3 is 10.0 Å². The van der Waals surface area contributed by atoms with Crippen molar-refractivity contribution in [1.82, 2.24) is 4.90 Å². The molecule has 2 nitrogen and oxygen atoms in total. The number of hydrogen-bond acceptors (Lipinski definition) is 2. The molecule has 0 spiro atoms. The summed E-state index contributed by atoms with van der Waals surface area (Å²) in [5, 5.41) is 10.7. The van der Waals surface area contributed by atoms with Crippen molar-refractivity contribution in [2.24, 2.45) is 11.8 Å². The molecule has 0 aromatic rings. The normalized spacial score (nSPS) is 44.2. The predicted octanol–water partition coefficient (Wildman–Crippen LogP) is 2.27. The molecule has 0 amide bonds. The minimum atomic E-state index is -0.373. The van der Waals surface area contributed by atoms with E-state index in [0.717, 1.165) is 31.8 Å². The molecule has 2 fully saturated rings. The van der Waals surface area contributed by atoms with Gasteiger partial charge in [0, 0.05) is 6.54 Å². The monoisotopic (exact) mass is 211 g/mol. The lowest BCUT2D eigenvalue weighted by molar-refractivity contribution is -0.0840. The lowest BCUT2D eigenvalue weighted by Crippen LogP contribution is -2.52. The number of likely N-dealkylation sites (tertiary alicyclic amines) is 1. The molecule has 15 heavy (non-hydrogen) atoms. The van der Waals surface area contributed by atoms with E-state index >= 15 is 0 Å². The average molecular weight is 211 g/mol. The molecule has 1 saturated heterocycles. The standard InChI is InChI=1S/C13H25NO/c1-11-5-3-6-12(9-11)13(15)7-4-8-14(2)10-13/h11-12,15H,3-10H2,1-2H3. The van der Waals surface area contributed by atoms with Crippen LogP contribution in [-0.4, -0.2) is 35.7 Å². The first-order valence-corrected chi connectivity index (χ1v) is 6.51. The van der Waals surface area contributed by atoms with Gasteiger partial charge in [-0.1, -0.05) is 19.8 Å². The summed E-state index contributed by atoms with van der Waals surface area (Å²) in [6.07, 6.45) is 7.35. The average Bonchev–Trinajstić information content (AvgIpc) is 2.17. The minimum absolute atomic E-state index is 0.373. The van der Waals surface area contributed by atoms with Crippen molar-refractivity contribution >= 4 is 0 Å². The zero-order valence-corrected chi connectivity index (χ0v) is 10.2. The second kappa shape index (κ2) is 4.42. The fraction of sp³-hybridized carbons (Fsp3) is 1.00. The van der Waals surface area contributed by atoms with Crippen LogP contribution in [0.3, 0.4) is 0 Å². The van der Waals surface area contributed by atoms with Crippen LogP contribution in [0.15, 0.2) is 0 Å². The van der Waals surface area contributed by atoms with Gasteiger partial charge in [-0.05, 0) is 51.1 Å².